The lowest BCUT2D eigenvalue weighted by Gasteiger charge is -2.27. The van der Waals surface area contributed by atoms with E-state index in [1.54, 1.807) is 29.9 Å². The van der Waals surface area contributed by atoms with Gasteiger partial charge in [0.05, 0.1) is 17.7 Å². The lowest BCUT2D eigenvalue weighted by Crippen LogP contribution is -2.33. The number of β-amino-alcohol motifs (C(OH)–C–C–N with tert-alkyl or cyclic N) is 1. The molecule has 2 heterocycles. The van der Waals surface area contributed by atoms with Gasteiger partial charge in [-0.15, -0.1) is 0 Å². The van der Waals surface area contributed by atoms with E-state index in [0.29, 0.717) is 5.69 Å². The van der Waals surface area contributed by atoms with Gasteiger partial charge in [-0.3, -0.25) is 4.79 Å². The van der Waals surface area contributed by atoms with Crippen molar-refractivity contribution in [1.29, 1.82) is 0 Å². The van der Waals surface area contributed by atoms with Gasteiger partial charge >= 0.3 is 6.18 Å². The first-order chi connectivity index (χ1) is 11.3. The Kier molecular flexibility index (Phi) is 4.13. The molecule has 2 aromatic rings. The lowest BCUT2D eigenvalue weighted by atomic mass is 9.97. The van der Waals surface area contributed by atoms with Crippen molar-refractivity contribution in [3.8, 4) is 0 Å². The van der Waals surface area contributed by atoms with Crippen LogP contribution in [0.5, 0.6) is 0 Å². The average molecular weight is 338 g/mol. The molecular formula is C17H17F3N2O2. The smallest absolute Gasteiger partial charge is 0.391 e. The van der Waals surface area contributed by atoms with Crippen molar-refractivity contribution in [3.05, 3.63) is 59.4 Å². The number of carbonyl (C=O) groups excluding carboxylic acids is 1. The van der Waals surface area contributed by atoms with Crippen molar-refractivity contribution in [1.82, 2.24) is 9.47 Å². The van der Waals surface area contributed by atoms with Gasteiger partial charge in [0.2, 0.25) is 0 Å². The van der Waals surface area contributed by atoms with Gasteiger partial charge in [0.15, 0.2) is 0 Å². The predicted octanol–water partition coefficient (Wildman–Crippen LogP) is 2.99. The molecule has 1 fully saturated rings. The zero-order valence-corrected chi connectivity index (χ0v) is 13.0. The molecule has 1 saturated heterocycles. The molecule has 1 aromatic heterocycles. The number of carbonyl (C=O) groups is 1. The second-order valence-corrected chi connectivity index (χ2v) is 5.95. The summed E-state index contributed by atoms with van der Waals surface area (Å²) in [5, 5.41) is 9.96. The number of alkyl halides is 3. The molecule has 1 amide bonds. The number of hydrogen-bond acceptors (Lipinski definition) is 2. The molecule has 0 bridgehead atoms. The Balaban J connectivity index is 2.01. The fourth-order valence-corrected chi connectivity index (χ4v) is 3.21. The maximum absolute atomic E-state index is 13.3. The van der Waals surface area contributed by atoms with E-state index in [9.17, 15) is 23.1 Å². The van der Waals surface area contributed by atoms with Crippen LogP contribution in [0.25, 0.3) is 0 Å². The van der Waals surface area contributed by atoms with Gasteiger partial charge in [-0.1, -0.05) is 18.2 Å². The van der Waals surface area contributed by atoms with Crippen LogP contribution in [0, 0.1) is 0 Å². The summed E-state index contributed by atoms with van der Waals surface area (Å²) in [5.74, 6) is -0.388. The quantitative estimate of drug-likeness (QED) is 0.915. The van der Waals surface area contributed by atoms with Crippen molar-refractivity contribution < 1.29 is 23.1 Å². The van der Waals surface area contributed by atoms with E-state index in [-0.39, 0.29) is 24.4 Å². The molecule has 4 nitrogen and oxygen atoms in total. The molecule has 3 rings (SSSR count). The van der Waals surface area contributed by atoms with E-state index < -0.39 is 23.9 Å². The second-order valence-electron chi connectivity index (χ2n) is 5.95. The summed E-state index contributed by atoms with van der Waals surface area (Å²) in [6.07, 6.45) is -3.58. The topological polar surface area (TPSA) is 45.5 Å². The Hall–Kier alpha value is -2.28. The third-order valence-corrected chi connectivity index (χ3v) is 4.33. The van der Waals surface area contributed by atoms with E-state index in [4.69, 9.17) is 0 Å². The molecule has 1 aliphatic rings. The number of rotatable bonds is 2. The number of likely N-dealkylation sites (tertiary alicyclic amines) is 1. The highest BCUT2D eigenvalue weighted by Crippen LogP contribution is 2.40. The molecule has 0 spiro atoms. The first-order valence-electron chi connectivity index (χ1n) is 7.55. The SMILES string of the molecule is Cn1cccc1C(=O)N1C[C@H](O)C[C@H]1c1ccccc1C(F)(F)F. The lowest BCUT2D eigenvalue weighted by molar-refractivity contribution is -0.138. The van der Waals surface area contributed by atoms with E-state index in [2.05, 4.69) is 0 Å². The van der Waals surface area contributed by atoms with Gasteiger partial charge in [-0.05, 0) is 30.2 Å². The monoisotopic (exact) mass is 338 g/mol. The zero-order chi connectivity index (χ0) is 17.5. The summed E-state index contributed by atoms with van der Waals surface area (Å²) in [4.78, 5) is 14.1. The van der Waals surface area contributed by atoms with E-state index >= 15 is 0 Å². The van der Waals surface area contributed by atoms with Crippen LogP contribution in [0.3, 0.4) is 0 Å². The van der Waals surface area contributed by atoms with Crippen LogP contribution in [0.1, 0.15) is 34.1 Å². The van der Waals surface area contributed by atoms with Crippen molar-refractivity contribution in [3.63, 3.8) is 0 Å². The predicted molar refractivity (Wildman–Crippen MR) is 81.3 cm³/mol. The van der Waals surface area contributed by atoms with Gasteiger partial charge in [0, 0.05) is 19.8 Å². The third kappa shape index (κ3) is 2.91. The van der Waals surface area contributed by atoms with Gasteiger partial charge < -0.3 is 14.6 Å². The van der Waals surface area contributed by atoms with Crippen molar-refractivity contribution >= 4 is 5.91 Å². The zero-order valence-electron chi connectivity index (χ0n) is 13.0. The minimum absolute atomic E-state index is 0.0148. The highest BCUT2D eigenvalue weighted by atomic mass is 19.4. The molecule has 7 heteroatoms. The Bertz CT molecular complexity index is 754. The maximum Gasteiger partial charge on any atom is 0.416 e. The molecule has 0 unspecified atom stereocenters. The van der Waals surface area contributed by atoms with Gasteiger partial charge in [-0.25, -0.2) is 0 Å². The first kappa shape index (κ1) is 16.6. The number of hydrogen-bond donors (Lipinski definition) is 1. The van der Waals surface area contributed by atoms with Gasteiger partial charge in [0.1, 0.15) is 5.69 Å². The average Bonchev–Trinajstić information content (AvgIpc) is 3.11. The van der Waals surface area contributed by atoms with E-state index in [1.807, 2.05) is 0 Å². The summed E-state index contributed by atoms with van der Waals surface area (Å²) in [6.45, 7) is 0.0148. The fourth-order valence-electron chi connectivity index (χ4n) is 3.21. The van der Waals surface area contributed by atoms with Crippen LogP contribution in [-0.2, 0) is 13.2 Å². The van der Waals surface area contributed by atoms with E-state index in [1.165, 1.54) is 23.1 Å². The van der Waals surface area contributed by atoms with E-state index in [0.717, 1.165) is 6.07 Å². The van der Waals surface area contributed by atoms with Gasteiger partial charge in [-0.2, -0.15) is 13.2 Å². The Morgan fingerprint density at radius 1 is 1.21 bits per heavy atom. The normalized spacial score (nSPS) is 21.3. The number of aromatic nitrogens is 1. The minimum Gasteiger partial charge on any atom is -0.391 e. The molecule has 1 aromatic carbocycles. The molecule has 2 atom stereocenters. The van der Waals surface area contributed by atoms with Gasteiger partial charge in [0.25, 0.3) is 5.91 Å². The molecular weight excluding hydrogens is 321 g/mol. The summed E-state index contributed by atoms with van der Waals surface area (Å²) in [7, 11) is 1.69. The largest absolute Gasteiger partial charge is 0.416 e. The standard InChI is InChI=1S/C17H17F3N2O2/c1-21-8-4-7-14(21)16(24)22-10-11(23)9-15(22)12-5-2-3-6-13(12)17(18,19)20/h2-8,11,15,23H,9-10H2,1H3/t11-,15+/m1/s1. The van der Waals surface area contributed by atoms with Crippen LogP contribution in [0.2, 0.25) is 0 Å². The van der Waals surface area contributed by atoms with Crippen LogP contribution in [-0.4, -0.2) is 33.1 Å². The summed E-state index contributed by atoms with van der Waals surface area (Å²) in [6, 6.07) is 7.71. The number of aliphatic hydroxyl groups excluding tert-OH is 1. The van der Waals surface area contributed by atoms with Crippen LogP contribution in [0.15, 0.2) is 42.6 Å². The number of aryl methyl sites for hydroxylation is 1. The highest BCUT2D eigenvalue weighted by molar-refractivity contribution is 5.93. The number of amides is 1. The third-order valence-electron chi connectivity index (χ3n) is 4.33. The van der Waals surface area contributed by atoms with Crippen LogP contribution in [0.4, 0.5) is 13.2 Å². The molecule has 1 aliphatic heterocycles. The van der Waals surface area contributed by atoms with Crippen LogP contribution >= 0.6 is 0 Å². The fraction of sp³-hybridized carbons (Fsp3) is 0.353. The van der Waals surface area contributed by atoms with Crippen molar-refractivity contribution in [2.24, 2.45) is 7.05 Å². The minimum atomic E-state index is -4.51. The second kappa shape index (κ2) is 5.98. The number of nitrogens with zero attached hydrogens (tertiary/aromatic N) is 2. The Labute approximate surface area is 137 Å². The maximum atomic E-state index is 13.3. The summed E-state index contributed by atoms with van der Waals surface area (Å²) >= 11 is 0. The summed E-state index contributed by atoms with van der Waals surface area (Å²) in [5.41, 5.74) is -0.378. The Morgan fingerprint density at radius 3 is 2.54 bits per heavy atom. The van der Waals surface area contributed by atoms with Crippen molar-refractivity contribution in [2.75, 3.05) is 6.54 Å². The molecule has 0 saturated carbocycles. The van der Waals surface area contributed by atoms with Crippen molar-refractivity contribution in [2.45, 2.75) is 24.7 Å². The molecule has 24 heavy (non-hydrogen) atoms. The molecule has 0 aliphatic carbocycles. The highest BCUT2D eigenvalue weighted by Gasteiger charge is 2.41. The number of aliphatic hydroxyl groups is 1. The number of halogens is 3. The first-order valence-corrected chi connectivity index (χ1v) is 7.55. The number of benzene rings is 1. The molecule has 1 N–H and O–H groups in total. The summed E-state index contributed by atoms with van der Waals surface area (Å²) < 4.78 is 41.5. The Morgan fingerprint density at radius 2 is 1.92 bits per heavy atom. The molecule has 0 radical (unpaired) electrons. The van der Waals surface area contributed by atoms with Crippen LogP contribution < -0.4 is 0 Å². The molecule has 128 valence electrons.